The summed E-state index contributed by atoms with van der Waals surface area (Å²) in [6.07, 6.45) is 1.54. The summed E-state index contributed by atoms with van der Waals surface area (Å²) in [5.41, 5.74) is 0.0358. The van der Waals surface area contributed by atoms with Crippen molar-refractivity contribution in [2.45, 2.75) is 18.9 Å². The SMILES string of the molecule is O=C(O)CN1CCC(Oc2ccc([N+](=O)[O-])cc2)CC1. The molecule has 0 amide bonds. The third-order valence-corrected chi connectivity index (χ3v) is 3.24. The number of hydrogen-bond donors (Lipinski definition) is 1. The van der Waals surface area contributed by atoms with Gasteiger partial charge in [0.1, 0.15) is 11.9 Å². The van der Waals surface area contributed by atoms with Gasteiger partial charge in [-0.25, -0.2) is 0 Å². The van der Waals surface area contributed by atoms with Crippen molar-refractivity contribution in [2.24, 2.45) is 0 Å². The molecule has 0 unspecified atom stereocenters. The molecule has 0 aliphatic carbocycles. The molecular formula is C13H16N2O5. The molecule has 1 fully saturated rings. The molecule has 0 aromatic heterocycles. The molecule has 1 aliphatic heterocycles. The summed E-state index contributed by atoms with van der Waals surface area (Å²) in [6.45, 7) is 1.43. The van der Waals surface area contributed by atoms with E-state index in [2.05, 4.69) is 0 Å². The molecule has 7 heteroatoms. The minimum absolute atomic E-state index is 0.0292. The predicted octanol–water partition coefficient (Wildman–Crippen LogP) is 1.52. The lowest BCUT2D eigenvalue weighted by molar-refractivity contribution is -0.384. The third-order valence-electron chi connectivity index (χ3n) is 3.24. The van der Waals surface area contributed by atoms with E-state index in [4.69, 9.17) is 9.84 Å². The zero-order chi connectivity index (χ0) is 14.5. The first-order chi connectivity index (χ1) is 9.54. The monoisotopic (exact) mass is 280 g/mol. The van der Waals surface area contributed by atoms with Crippen molar-refractivity contribution < 1.29 is 19.6 Å². The molecular weight excluding hydrogens is 264 g/mol. The second kappa shape index (κ2) is 6.33. The van der Waals surface area contributed by atoms with Gasteiger partial charge in [-0.15, -0.1) is 0 Å². The third kappa shape index (κ3) is 3.92. The Morgan fingerprint density at radius 3 is 2.45 bits per heavy atom. The van der Waals surface area contributed by atoms with Crippen LogP contribution in [0.25, 0.3) is 0 Å². The highest BCUT2D eigenvalue weighted by atomic mass is 16.6. The number of piperidine rings is 1. The fraction of sp³-hybridized carbons (Fsp3) is 0.462. The zero-order valence-corrected chi connectivity index (χ0v) is 10.9. The minimum Gasteiger partial charge on any atom is -0.490 e. The molecule has 20 heavy (non-hydrogen) atoms. The highest BCUT2D eigenvalue weighted by Gasteiger charge is 2.21. The number of nitro benzene ring substituents is 1. The van der Waals surface area contributed by atoms with Crippen LogP contribution < -0.4 is 4.74 Å². The number of nitro groups is 1. The smallest absolute Gasteiger partial charge is 0.317 e. The number of non-ortho nitro benzene ring substituents is 1. The average molecular weight is 280 g/mol. The van der Waals surface area contributed by atoms with Gasteiger partial charge in [-0.3, -0.25) is 19.8 Å². The maximum absolute atomic E-state index is 10.6. The number of nitrogens with zero attached hydrogens (tertiary/aromatic N) is 2. The summed E-state index contributed by atoms with van der Waals surface area (Å²) < 4.78 is 5.75. The van der Waals surface area contributed by atoms with Crippen LogP contribution in [0.3, 0.4) is 0 Å². The number of likely N-dealkylation sites (tertiary alicyclic amines) is 1. The number of ether oxygens (including phenoxy) is 1. The Morgan fingerprint density at radius 2 is 1.95 bits per heavy atom. The van der Waals surface area contributed by atoms with Crippen molar-refractivity contribution >= 4 is 11.7 Å². The molecule has 1 heterocycles. The van der Waals surface area contributed by atoms with Crippen LogP contribution in [0.4, 0.5) is 5.69 Å². The van der Waals surface area contributed by atoms with Gasteiger partial charge in [-0.1, -0.05) is 0 Å². The molecule has 0 saturated carbocycles. The van der Waals surface area contributed by atoms with Crippen LogP contribution in [0, 0.1) is 10.1 Å². The Hall–Kier alpha value is -2.15. The van der Waals surface area contributed by atoms with Gasteiger partial charge in [-0.2, -0.15) is 0 Å². The first-order valence-electron chi connectivity index (χ1n) is 6.40. The van der Waals surface area contributed by atoms with Gasteiger partial charge in [0.2, 0.25) is 0 Å². The number of aliphatic carboxylic acids is 1. The number of benzene rings is 1. The summed E-state index contributed by atoms with van der Waals surface area (Å²) >= 11 is 0. The summed E-state index contributed by atoms with van der Waals surface area (Å²) in [5, 5.41) is 19.2. The van der Waals surface area contributed by atoms with E-state index in [9.17, 15) is 14.9 Å². The molecule has 1 aromatic rings. The normalized spacial score (nSPS) is 16.8. The van der Waals surface area contributed by atoms with Crippen molar-refractivity contribution in [1.29, 1.82) is 0 Å². The molecule has 1 N–H and O–H groups in total. The predicted molar refractivity (Wildman–Crippen MR) is 70.8 cm³/mol. The van der Waals surface area contributed by atoms with Gasteiger partial charge >= 0.3 is 5.97 Å². The molecule has 0 bridgehead atoms. The fourth-order valence-corrected chi connectivity index (χ4v) is 2.22. The highest BCUT2D eigenvalue weighted by Crippen LogP contribution is 2.21. The quantitative estimate of drug-likeness (QED) is 0.649. The summed E-state index contributed by atoms with van der Waals surface area (Å²) in [7, 11) is 0. The Labute approximate surface area is 115 Å². The second-order valence-corrected chi connectivity index (χ2v) is 4.74. The van der Waals surface area contributed by atoms with E-state index in [1.807, 2.05) is 4.90 Å². The standard InChI is InChI=1S/C13H16N2O5/c16-13(17)9-14-7-5-12(6-8-14)20-11-3-1-10(2-4-11)15(18)19/h1-4,12H,5-9H2,(H,16,17). The topological polar surface area (TPSA) is 92.9 Å². The first kappa shape index (κ1) is 14.3. The van der Waals surface area contributed by atoms with E-state index < -0.39 is 10.9 Å². The summed E-state index contributed by atoms with van der Waals surface area (Å²) in [4.78, 5) is 22.6. The zero-order valence-electron chi connectivity index (χ0n) is 10.9. The van der Waals surface area contributed by atoms with E-state index in [-0.39, 0.29) is 18.3 Å². The summed E-state index contributed by atoms with van der Waals surface area (Å²) in [5.74, 6) is -0.216. The van der Waals surface area contributed by atoms with Gasteiger partial charge < -0.3 is 9.84 Å². The van der Waals surface area contributed by atoms with Gasteiger partial charge in [0.05, 0.1) is 11.5 Å². The van der Waals surface area contributed by atoms with E-state index in [0.717, 1.165) is 12.8 Å². The Kier molecular flexibility index (Phi) is 4.52. The molecule has 2 rings (SSSR count). The molecule has 0 spiro atoms. The highest BCUT2D eigenvalue weighted by molar-refractivity contribution is 5.69. The largest absolute Gasteiger partial charge is 0.490 e. The van der Waals surface area contributed by atoms with E-state index >= 15 is 0 Å². The Morgan fingerprint density at radius 1 is 1.35 bits per heavy atom. The van der Waals surface area contributed by atoms with Crippen LogP contribution >= 0.6 is 0 Å². The number of hydrogen-bond acceptors (Lipinski definition) is 5. The van der Waals surface area contributed by atoms with Crippen molar-refractivity contribution in [1.82, 2.24) is 4.90 Å². The van der Waals surface area contributed by atoms with E-state index in [0.29, 0.717) is 18.8 Å². The molecule has 0 atom stereocenters. The number of carboxylic acids is 1. The average Bonchev–Trinajstić information content (AvgIpc) is 2.41. The lowest BCUT2D eigenvalue weighted by Crippen LogP contribution is -2.40. The van der Waals surface area contributed by atoms with E-state index in [1.165, 1.54) is 12.1 Å². The van der Waals surface area contributed by atoms with Crippen molar-refractivity contribution in [3.05, 3.63) is 34.4 Å². The van der Waals surface area contributed by atoms with Gasteiger partial charge in [0.25, 0.3) is 5.69 Å². The van der Waals surface area contributed by atoms with Crippen LogP contribution in [0.1, 0.15) is 12.8 Å². The Bertz CT molecular complexity index is 480. The van der Waals surface area contributed by atoms with Gasteiger partial charge in [-0.05, 0) is 25.0 Å². The van der Waals surface area contributed by atoms with E-state index in [1.54, 1.807) is 12.1 Å². The maximum Gasteiger partial charge on any atom is 0.317 e. The van der Waals surface area contributed by atoms with Crippen molar-refractivity contribution in [2.75, 3.05) is 19.6 Å². The van der Waals surface area contributed by atoms with Crippen molar-refractivity contribution in [3.8, 4) is 5.75 Å². The lowest BCUT2D eigenvalue weighted by atomic mass is 10.1. The van der Waals surface area contributed by atoms with Crippen LogP contribution in [0.2, 0.25) is 0 Å². The Balaban J connectivity index is 1.83. The van der Waals surface area contributed by atoms with Crippen LogP contribution in [-0.2, 0) is 4.79 Å². The molecule has 108 valence electrons. The molecule has 7 nitrogen and oxygen atoms in total. The molecule has 1 aromatic carbocycles. The molecule has 1 aliphatic rings. The number of carboxylic acid groups (broad SMARTS) is 1. The molecule has 1 saturated heterocycles. The second-order valence-electron chi connectivity index (χ2n) is 4.74. The lowest BCUT2D eigenvalue weighted by Gasteiger charge is -2.30. The maximum atomic E-state index is 10.6. The van der Waals surface area contributed by atoms with Gasteiger partial charge in [0, 0.05) is 25.2 Å². The summed E-state index contributed by atoms with van der Waals surface area (Å²) in [6, 6.07) is 5.99. The minimum atomic E-state index is -0.820. The van der Waals surface area contributed by atoms with Crippen LogP contribution in [-0.4, -0.2) is 46.6 Å². The van der Waals surface area contributed by atoms with Gasteiger partial charge in [0.15, 0.2) is 0 Å². The fourth-order valence-electron chi connectivity index (χ4n) is 2.22. The van der Waals surface area contributed by atoms with Crippen LogP contribution in [0.5, 0.6) is 5.75 Å². The first-order valence-corrected chi connectivity index (χ1v) is 6.40. The van der Waals surface area contributed by atoms with Crippen molar-refractivity contribution in [3.63, 3.8) is 0 Å². The molecule has 0 radical (unpaired) electrons. The number of carbonyl (C=O) groups is 1. The number of rotatable bonds is 5. The van der Waals surface area contributed by atoms with Crippen LogP contribution in [0.15, 0.2) is 24.3 Å².